The van der Waals surface area contributed by atoms with Crippen LogP contribution in [0.1, 0.15) is 38.2 Å². The van der Waals surface area contributed by atoms with E-state index in [1.807, 2.05) is 0 Å². The normalized spacial score (nSPS) is 25.5. The first-order valence-corrected chi connectivity index (χ1v) is 9.64. The minimum atomic E-state index is -0.0122. The van der Waals surface area contributed by atoms with Crippen molar-refractivity contribution < 1.29 is 9.53 Å². The first-order chi connectivity index (χ1) is 12.2. The largest absolute Gasteiger partial charge is 0.378 e. The SMILES string of the molecule is C[C@@H]1C[C@@H](NC(=O)NC2CCN(CCc3ccccc3)CC2)CCO1. The smallest absolute Gasteiger partial charge is 0.315 e. The lowest BCUT2D eigenvalue weighted by atomic mass is 10.0. The van der Waals surface area contributed by atoms with E-state index in [1.54, 1.807) is 0 Å². The molecule has 25 heavy (non-hydrogen) atoms. The van der Waals surface area contributed by atoms with Crippen molar-refractivity contribution in [1.82, 2.24) is 15.5 Å². The predicted molar refractivity (Wildman–Crippen MR) is 99.7 cm³/mol. The molecule has 5 heteroatoms. The van der Waals surface area contributed by atoms with Crippen LogP contribution in [-0.4, -0.2) is 55.4 Å². The minimum absolute atomic E-state index is 0.0122. The van der Waals surface area contributed by atoms with Crippen molar-refractivity contribution in [2.24, 2.45) is 0 Å². The third kappa shape index (κ3) is 6.01. The van der Waals surface area contributed by atoms with Crippen molar-refractivity contribution >= 4 is 6.03 Å². The monoisotopic (exact) mass is 345 g/mol. The van der Waals surface area contributed by atoms with Crippen LogP contribution in [0.4, 0.5) is 4.79 Å². The Morgan fingerprint density at radius 3 is 2.56 bits per heavy atom. The molecule has 0 aliphatic carbocycles. The topological polar surface area (TPSA) is 53.6 Å². The zero-order valence-corrected chi connectivity index (χ0v) is 15.2. The van der Waals surface area contributed by atoms with Gasteiger partial charge in [0.15, 0.2) is 0 Å². The number of hydrogen-bond donors (Lipinski definition) is 2. The molecule has 1 aromatic carbocycles. The number of urea groups is 1. The summed E-state index contributed by atoms with van der Waals surface area (Å²) < 4.78 is 5.53. The Balaban J connectivity index is 1.32. The molecule has 0 radical (unpaired) electrons. The number of carbonyl (C=O) groups is 1. The summed E-state index contributed by atoms with van der Waals surface area (Å²) in [6.45, 7) is 6.03. The zero-order chi connectivity index (χ0) is 17.5. The van der Waals surface area contributed by atoms with Gasteiger partial charge in [-0.15, -0.1) is 0 Å². The van der Waals surface area contributed by atoms with Crippen molar-refractivity contribution in [3.8, 4) is 0 Å². The average Bonchev–Trinajstić information content (AvgIpc) is 2.62. The fourth-order valence-corrected chi connectivity index (χ4v) is 3.77. The molecule has 2 saturated heterocycles. The van der Waals surface area contributed by atoms with Gasteiger partial charge in [0.25, 0.3) is 0 Å². The number of benzene rings is 1. The first-order valence-electron chi connectivity index (χ1n) is 9.64. The molecule has 2 aliphatic heterocycles. The van der Waals surface area contributed by atoms with Gasteiger partial charge in [0.1, 0.15) is 0 Å². The highest BCUT2D eigenvalue weighted by Crippen LogP contribution is 2.14. The van der Waals surface area contributed by atoms with E-state index in [1.165, 1.54) is 5.56 Å². The summed E-state index contributed by atoms with van der Waals surface area (Å²) >= 11 is 0. The summed E-state index contributed by atoms with van der Waals surface area (Å²) in [6.07, 6.45) is 5.23. The first kappa shape index (κ1) is 18.2. The number of likely N-dealkylation sites (tertiary alicyclic amines) is 1. The Morgan fingerprint density at radius 1 is 1.12 bits per heavy atom. The summed E-state index contributed by atoms with van der Waals surface area (Å²) in [7, 11) is 0. The maximum absolute atomic E-state index is 12.2. The number of amides is 2. The van der Waals surface area contributed by atoms with Crippen molar-refractivity contribution in [2.75, 3.05) is 26.2 Å². The molecule has 2 amide bonds. The van der Waals surface area contributed by atoms with Crippen LogP contribution in [0.3, 0.4) is 0 Å². The minimum Gasteiger partial charge on any atom is -0.378 e. The molecule has 0 spiro atoms. The lowest BCUT2D eigenvalue weighted by molar-refractivity contribution is 0.0153. The van der Waals surface area contributed by atoms with Gasteiger partial charge in [-0.1, -0.05) is 30.3 Å². The van der Waals surface area contributed by atoms with Gasteiger partial charge >= 0.3 is 6.03 Å². The Bertz CT molecular complexity index is 529. The van der Waals surface area contributed by atoms with Crippen LogP contribution < -0.4 is 10.6 Å². The quantitative estimate of drug-likeness (QED) is 0.862. The van der Waals surface area contributed by atoms with Gasteiger partial charge in [-0.25, -0.2) is 4.79 Å². The molecule has 0 aromatic heterocycles. The van der Waals surface area contributed by atoms with E-state index < -0.39 is 0 Å². The highest BCUT2D eigenvalue weighted by atomic mass is 16.5. The molecule has 5 nitrogen and oxygen atoms in total. The van der Waals surface area contributed by atoms with E-state index in [0.717, 1.165) is 58.3 Å². The third-order valence-electron chi connectivity index (χ3n) is 5.30. The molecule has 0 bridgehead atoms. The van der Waals surface area contributed by atoms with Gasteiger partial charge in [0.05, 0.1) is 6.10 Å². The molecule has 2 atom stereocenters. The third-order valence-corrected chi connectivity index (χ3v) is 5.30. The number of nitrogens with one attached hydrogen (secondary N) is 2. The van der Waals surface area contributed by atoms with Crippen LogP contribution in [0.2, 0.25) is 0 Å². The number of hydrogen-bond acceptors (Lipinski definition) is 3. The Kier molecular flexibility index (Phi) is 6.70. The molecule has 0 saturated carbocycles. The second-order valence-corrected chi connectivity index (χ2v) is 7.37. The fraction of sp³-hybridized carbons (Fsp3) is 0.650. The summed E-state index contributed by atoms with van der Waals surface area (Å²) in [5.41, 5.74) is 1.40. The molecular weight excluding hydrogens is 314 g/mol. The average molecular weight is 345 g/mol. The predicted octanol–water partition coefficient (Wildman–Crippen LogP) is 2.56. The van der Waals surface area contributed by atoms with E-state index in [0.29, 0.717) is 6.04 Å². The summed E-state index contributed by atoms with van der Waals surface area (Å²) in [6, 6.07) is 11.2. The standard InChI is InChI=1S/C20H31N3O2/c1-16-15-19(10-14-25-16)22-20(24)21-18-8-12-23(13-9-18)11-7-17-5-3-2-4-6-17/h2-6,16,18-19H,7-15H2,1H3,(H2,21,22,24)/t16-,19+/m1/s1. The van der Waals surface area contributed by atoms with Gasteiger partial charge < -0.3 is 20.3 Å². The van der Waals surface area contributed by atoms with Gasteiger partial charge in [-0.05, 0) is 44.6 Å². The molecular formula is C20H31N3O2. The van der Waals surface area contributed by atoms with E-state index >= 15 is 0 Å². The fourth-order valence-electron chi connectivity index (χ4n) is 3.77. The summed E-state index contributed by atoms with van der Waals surface area (Å²) in [5.74, 6) is 0. The number of piperidine rings is 1. The number of carbonyl (C=O) groups excluding carboxylic acids is 1. The Labute approximate surface area is 151 Å². The van der Waals surface area contributed by atoms with Crippen LogP contribution in [0.5, 0.6) is 0 Å². The molecule has 2 heterocycles. The van der Waals surface area contributed by atoms with Crippen LogP contribution in [0, 0.1) is 0 Å². The van der Waals surface area contributed by atoms with Crippen LogP contribution in [-0.2, 0) is 11.2 Å². The zero-order valence-electron chi connectivity index (χ0n) is 15.2. The van der Waals surface area contributed by atoms with E-state index in [9.17, 15) is 4.79 Å². The number of nitrogens with zero attached hydrogens (tertiary/aromatic N) is 1. The summed E-state index contributed by atoms with van der Waals surface area (Å²) in [5, 5.41) is 6.27. The molecule has 3 rings (SSSR count). The van der Waals surface area contributed by atoms with Crippen LogP contribution in [0.15, 0.2) is 30.3 Å². The second kappa shape index (κ2) is 9.20. The highest BCUT2D eigenvalue weighted by molar-refractivity contribution is 5.74. The Morgan fingerprint density at radius 2 is 1.84 bits per heavy atom. The molecule has 138 valence electrons. The lowest BCUT2D eigenvalue weighted by Crippen LogP contribution is -2.51. The summed E-state index contributed by atoms with van der Waals surface area (Å²) in [4.78, 5) is 14.7. The van der Waals surface area contributed by atoms with Crippen molar-refractivity contribution in [3.05, 3.63) is 35.9 Å². The second-order valence-electron chi connectivity index (χ2n) is 7.37. The van der Waals surface area contributed by atoms with Crippen LogP contribution >= 0.6 is 0 Å². The van der Waals surface area contributed by atoms with E-state index in [2.05, 4.69) is 52.8 Å². The van der Waals surface area contributed by atoms with E-state index in [-0.39, 0.29) is 18.2 Å². The van der Waals surface area contributed by atoms with E-state index in [4.69, 9.17) is 4.74 Å². The highest BCUT2D eigenvalue weighted by Gasteiger charge is 2.24. The maximum atomic E-state index is 12.2. The van der Waals surface area contributed by atoms with Gasteiger partial charge in [0.2, 0.25) is 0 Å². The molecule has 2 aliphatic rings. The number of rotatable bonds is 5. The Hall–Kier alpha value is -1.59. The van der Waals surface area contributed by atoms with Gasteiger partial charge in [-0.2, -0.15) is 0 Å². The molecule has 2 N–H and O–H groups in total. The van der Waals surface area contributed by atoms with Crippen molar-refractivity contribution in [3.63, 3.8) is 0 Å². The maximum Gasteiger partial charge on any atom is 0.315 e. The molecule has 0 unspecified atom stereocenters. The lowest BCUT2D eigenvalue weighted by Gasteiger charge is -2.33. The van der Waals surface area contributed by atoms with Crippen LogP contribution in [0.25, 0.3) is 0 Å². The van der Waals surface area contributed by atoms with Crippen molar-refractivity contribution in [1.29, 1.82) is 0 Å². The van der Waals surface area contributed by atoms with Gasteiger partial charge in [-0.3, -0.25) is 0 Å². The molecule has 1 aromatic rings. The van der Waals surface area contributed by atoms with Gasteiger partial charge in [0, 0.05) is 38.3 Å². The molecule has 2 fully saturated rings. The number of ether oxygens (including phenoxy) is 1. The van der Waals surface area contributed by atoms with Crippen molar-refractivity contribution in [2.45, 2.75) is 57.2 Å².